The highest BCUT2D eigenvalue weighted by Crippen LogP contribution is 2.39. The van der Waals surface area contributed by atoms with Crippen LogP contribution in [0.15, 0.2) is 63.4 Å². The van der Waals surface area contributed by atoms with Crippen LogP contribution in [0.1, 0.15) is 5.69 Å². The zero-order valence-electron chi connectivity index (χ0n) is 16.3. The number of hydrogen-bond donors (Lipinski definition) is 0. The molecular weight excluding hydrogens is 402 g/mol. The molecule has 5 rings (SSSR count). The van der Waals surface area contributed by atoms with Gasteiger partial charge < -0.3 is 13.9 Å². The Bertz CT molecular complexity index is 1430. The summed E-state index contributed by atoms with van der Waals surface area (Å²) in [7, 11) is 3.20. The molecule has 3 aromatic heterocycles. The van der Waals surface area contributed by atoms with Gasteiger partial charge in [-0.25, -0.2) is 9.97 Å². The first-order chi connectivity index (χ1) is 14.7. The molecule has 0 fully saturated rings. The lowest BCUT2D eigenvalue weighted by molar-refractivity contribution is 0.356. The van der Waals surface area contributed by atoms with Crippen LogP contribution >= 0.6 is 11.3 Å². The zero-order valence-corrected chi connectivity index (χ0v) is 17.1. The van der Waals surface area contributed by atoms with Crippen LogP contribution in [0.2, 0.25) is 0 Å². The number of hydrogen-bond acceptors (Lipinski definition) is 7. The van der Waals surface area contributed by atoms with Gasteiger partial charge in [-0.1, -0.05) is 18.2 Å². The predicted octanol–water partition coefficient (Wildman–Crippen LogP) is 4.33. The van der Waals surface area contributed by atoms with Gasteiger partial charge in [0.05, 0.1) is 38.3 Å². The van der Waals surface area contributed by atoms with Gasteiger partial charge in [0.15, 0.2) is 11.5 Å². The van der Waals surface area contributed by atoms with Gasteiger partial charge >= 0.3 is 0 Å². The Balaban J connectivity index is 1.52. The molecular formula is C22H17N3O4S. The summed E-state index contributed by atoms with van der Waals surface area (Å²) in [4.78, 5) is 22.1. The molecule has 0 aliphatic carbocycles. The molecule has 0 saturated carbocycles. The zero-order chi connectivity index (χ0) is 20.7. The maximum Gasteiger partial charge on any atom is 0.297 e. The second kappa shape index (κ2) is 7.31. The van der Waals surface area contributed by atoms with E-state index in [0.29, 0.717) is 29.1 Å². The summed E-state index contributed by atoms with van der Waals surface area (Å²) in [5.41, 5.74) is 2.83. The van der Waals surface area contributed by atoms with Crippen LogP contribution in [0.3, 0.4) is 0 Å². The molecule has 0 amide bonds. The van der Waals surface area contributed by atoms with Gasteiger partial charge in [-0.3, -0.25) is 9.36 Å². The summed E-state index contributed by atoms with van der Waals surface area (Å²) >= 11 is 1.48. The number of ether oxygens (including phenoxy) is 2. The molecule has 0 unspecified atom stereocenters. The minimum absolute atomic E-state index is 0.232. The van der Waals surface area contributed by atoms with Gasteiger partial charge in [-0.15, -0.1) is 11.3 Å². The largest absolute Gasteiger partial charge is 0.493 e. The smallest absolute Gasteiger partial charge is 0.297 e. The summed E-state index contributed by atoms with van der Waals surface area (Å²) in [5, 5.41) is 3.54. The molecule has 3 heterocycles. The Morgan fingerprint density at radius 2 is 1.97 bits per heavy atom. The van der Waals surface area contributed by atoms with Crippen LogP contribution in [0.25, 0.3) is 32.6 Å². The topological polar surface area (TPSA) is 79.4 Å². The highest BCUT2D eigenvalue weighted by atomic mass is 32.1. The number of nitrogens with zero attached hydrogens (tertiary/aromatic N) is 3. The Morgan fingerprint density at radius 1 is 1.10 bits per heavy atom. The number of thiazole rings is 1. The highest BCUT2D eigenvalue weighted by molar-refractivity contribution is 7.13. The number of aromatic nitrogens is 3. The second-order valence-corrected chi connectivity index (χ2v) is 7.50. The summed E-state index contributed by atoms with van der Waals surface area (Å²) in [6.45, 7) is 0.293. The molecule has 0 N–H and O–H groups in total. The normalized spacial score (nSPS) is 11.3. The maximum atomic E-state index is 12.9. The van der Waals surface area contributed by atoms with E-state index in [4.69, 9.17) is 13.9 Å². The molecule has 2 aromatic carbocycles. The monoisotopic (exact) mass is 419 g/mol. The van der Waals surface area contributed by atoms with E-state index in [2.05, 4.69) is 9.97 Å². The van der Waals surface area contributed by atoms with E-state index >= 15 is 0 Å². The fraction of sp³-hybridized carbons (Fsp3) is 0.136. The average Bonchev–Trinajstić information content (AvgIpc) is 3.40. The van der Waals surface area contributed by atoms with Gasteiger partial charge in [0.25, 0.3) is 5.56 Å². The number of methoxy groups -OCH3 is 2. The van der Waals surface area contributed by atoms with Crippen LogP contribution in [-0.2, 0) is 6.54 Å². The van der Waals surface area contributed by atoms with Crippen LogP contribution < -0.4 is 15.0 Å². The van der Waals surface area contributed by atoms with Crippen molar-refractivity contribution in [3.63, 3.8) is 0 Å². The van der Waals surface area contributed by atoms with Crippen molar-refractivity contribution in [3.8, 4) is 22.1 Å². The van der Waals surface area contributed by atoms with Crippen LogP contribution in [-0.4, -0.2) is 28.8 Å². The number of benzene rings is 2. The molecule has 0 saturated heterocycles. The van der Waals surface area contributed by atoms with Crippen molar-refractivity contribution in [2.75, 3.05) is 14.2 Å². The van der Waals surface area contributed by atoms with Crippen LogP contribution in [0.5, 0.6) is 11.5 Å². The minimum Gasteiger partial charge on any atom is -0.493 e. The van der Waals surface area contributed by atoms with Crippen molar-refractivity contribution in [1.82, 2.24) is 14.5 Å². The van der Waals surface area contributed by atoms with Crippen molar-refractivity contribution in [3.05, 3.63) is 70.2 Å². The van der Waals surface area contributed by atoms with E-state index in [1.165, 1.54) is 22.2 Å². The third-order valence-corrected chi connectivity index (χ3v) is 5.79. The first kappa shape index (κ1) is 18.4. The van der Waals surface area contributed by atoms with Crippen LogP contribution in [0, 0.1) is 0 Å². The lowest BCUT2D eigenvalue weighted by Gasteiger charge is -2.10. The van der Waals surface area contributed by atoms with Gasteiger partial charge in [-0.05, 0) is 24.3 Å². The van der Waals surface area contributed by atoms with Gasteiger partial charge in [0, 0.05) is 10.8 Å². The average molecular weight is 419 g/mol. The Hall–Kier alpha value is -3.65. The third-order valence-electron chi connectivity index (χ3n) is 4.87. The van der Waals surface area contributed by atoms with E-state index < -0.39 is 0 Å². The first-order valence-electron chi connectivity index (χ1n) is 9.22. The Labute approximate surface area is 175 Å². The molecule has 150 valence electrons. The lowest BCUT2D eigenvalue weighted by atomic mass is 10.2. The molecule has 0 aliphatic rings. The predicted molar refractivity (Wildman–Crippen MR) is 116 cm³/mol. The third kappa shape index (κ3) is 2.93. The highest BCUT2D eigenvalue weighted by Gasteiger charge is 2.16. The van der Waals surface area contributed by atoms with E-state index in [9.17, 15) is 4.79 Å². The summed E-state index contributed by atoms with van der Waals surface area (Å²) in [6, 6.07) is 13.1. The molecule has 7 nitrogen and oxygen atoms in total. The summed E-state index contributed by atoms with van der Waals surface area (Å²) in [5.74, 6) is 1.27. The molecule has 0 bridgehead atoms. The SMILES string of the molecule is COc1cccc(-c2nc(Cn3cnc4c(oc5ccccc54)c3=O)cs2)c1OC. The Morgan fingerprint density at radius 3 is 2.80 bits per heavy atom. The van der Waals surface area contributed by atoms with Crippen molar-refractivity contribution in [2.45, 2.75) is 6.54 Å². The number of furan rings is 1. The lowest BCUT2D eigenvalue weighted by Crippen LogP contribution is -2.20. The van der Waals surface area contributed by atoms with Crippen molar-refractivity contribution >= 4 is 33.4 Å². The minimum atomic E-state index is -0.232. The van der Waals surface area contributed by atoms with E-state index in [-0.39, 0.29) is 11.1 Å². The number of rotatable bonds is 5. The second-order valence-electron chi connectivity index (χ2n) is 6.64. The van der Waals surface area contributed by atoms with E-state index in [1.807, 2.05) is 47.8 Å². The summed E-state index contributed by atoms with van der Waals surface area (Å²) < 4.78 is 18.1. The standard InChI is InChI=1S/C22H17N3O4S/c1-27-17-9-5-7-15(19(17)28-2)21-24-13(11-30-21)10-25-12-23-18-14-6-3-4-8-16(14)29-20(18)22(25)26/h3-9,11-12H,10H2,1-2H3. The fourth-order valence-corrected chi connectivity index (χ4v) is 4.29. The van der Waals surface area contributed by atoms with Gasteiger partial charge in [0.1, 0.15) is 16.1 Å². The van der Waals surface area contributed by atoms with E-state index in [1.54, 1.807) is 14.2 Å². The molecule has 30 heavy (non-hydrogen) atoms. The van der Waals surface area contributed by atoms with Crippen LogP contribution in [0.4, 0.5) is 0 Å². The van der Waals surface area contributed by atoms with Crippen molar-refractivity contribution < 1.29 is 13.9 Å². The molecule has 5 aromatic rings. The molecule has 0 radical (unpaired) electrons. The molecule has 0 atom stereocenters. The molecule has 0 aliphatic heterocycles. The Kier molecular flexibility index (Phi) is 4.48. The number of para-hydroxylation sites is 2. The first-order valence-corrected chi connectivity index (χ1v) is 10.1. The van der Waals surface area contributed by atoms with Gasteiger partial charge in [-0.2, -0.15) is 0 Å². The maximum absolute atomic E-state index is 12.9. The van der Waals surface area contributed by atoms with Crippen molar-refractivity contribution in [1.29, 1.82) is 0 Å². The van der Waals surface area contributed by atoms with Gasteiger partial charge in [0.2, 0.25) is 5.58 Å². The fourth-order valence-electron chi connectivity index (χ4n) is 3.46. The van der Waals surface area contributed by atoms with E-state index in [0.717, 1.165) is 21.7 Å². The van der Waals surface area contributed by atoms with Crippen molar-refractivity contribution in [2.24, 2.45) is 0 Å². The quantitative estimate of drug-likeness (QED) is 0.422. The summed E-state index contributed by atoms with van der Waals surface area (Å²) in [6.07, 6.45) is 1.54. The molecule has 8 heteroatoms. The number of fused-ring (bicyclic) bond motifs is 3. The molecule has 0 spiro atoms.